The summed E-state index contributed by atoms with van der Waals surface area (Å²) in [6, 6.07) is 3.92. The fraction of sp³-hybridized carbons (Fsp3) is 0.333. The van der Waals surface area contributed by atoms with E-state index in [9.17, 15) is 0 Å². The second-order valence-corrected chi connectivity index (χ2v) is 5.11. The van der Waals surface area contributed by atoms with Crippen LogP contribution in [-0.2, 0) is 0 Å². The normalized spacial score (nSPS) is 14.8. The highest BCUT2D eigenvalue weighted by Crippen LogP contribution is 2.37. The van der Waals surface area contributed by atoms with E-state index in [1.165, 1.54) is 24.4 Å². The molecule has 2 aromatic rings. The first-order chi connectivity index (χ1) is 8.34. The number of nitrogens with two attached hydrogens (primary N) is 1. The van der Waals surface area contributed by atoms with Crippen LogP contribution in [0.4, 0.5) is 10.8 Å². The minimum Gasteiger partial charge on any atom is -0.382 e. The van der Waals surface area contributed by atoms with Crippen LogP contribution in [0.5, 0.6) is 0 Å². The van der Waals surface area contributed by atoms with Crippen LogP contribution in [0.25, 0.3) is 11.1 Å². The predicted molar refractivity (Wildman–Crippen MR) is 71.0 cm³/mol. The van der Waals surface area contributed by atoms with Crippen LogP contribution in [-0.4, -0.2) is 15.9 Å². The van der Waals surface area contributed by atoms with Gasteiger partial charge in [-0.1, -0.05) is 6.07 Å². The molecule has 1 fully saturated rings. The van der Waals surface area contributed by atoms with Crippen LogP contribution in [0.1, 0.15) is 12.8 Å². The zero-order valence-corrected chi connectivity index (χ0v) is 10.2. The van der Waals surface area contributed by atoms with Crippen molar-refractivity contribution < 1.29 is 0 Å². The van der Waals surface area contributed by atoms with Gasteiger partial charge >= 0.3 is 0 Å². The average Bonchev–Trinajstić information content (AvgIpc) is 3.11. The Balaban J connectivity index is 1.88. The summed E-state index contributed by atoms with van der Waals surface area (Å²) < 4.78 is 4.22. The number of pyridine rings is 1. The van der Waals surface area contributed by atoms with Gasteiger partial charge in [-0.15, -0.1) is 0 Å². The third-order valence-corrected chi connectivity index (χ3v) is 3.74. The topological polar surface area (TPSA) is 63.8 Å². The average molecular weight is 246 g/mol. The molecule has 0 saturated heterocycles. The molecule has 1 aliphatic rings. The molecule has 0 radical (unpaired) electrons. The second kappa shape index (κ2) is 4.33. The Kier molecular flexibility index (Phi) is 2.68. The number of anilines is 2. The van der Waals surface area contributed by atoms with E-state index < -0.39 is 0 Å². The number of nitrogens with one attached hydrogen (secondary N) is 1. The molecule has 0 aromatic carbocycles. The maximum atomic E-state index is 5.93. The smallest absolute Gasteiger partial charge is 0.147 e. The Bertz CT molecular complexity index is 504. The van der Waals surface area contributed by atoms with E-state index in [1.807, 2.05) is 18.3 Å². The summed E-state index contributed by atoms with van der Waals surface area (Å²) in [7, 11) is 0. The van der Waals surface area contributed by atoms with Gasteiger partial charge in [0, 0.05) is 24.5 Å². The summed E-state index contributed by atoms with van der Waals surface area (Å²) in [5.74, 6) is 1.42. The van der Waals surface area contributed by atoms with Crippen molar-refractivity contribution in [3.63, 3.8) is 0 Å². The van der Waals surface area contributed by atoms with Gasteiger partial charge in [0.1, 0.15) is 10.8 Å². The quantitative estimate of drug-likeness (QED) is 0.870. The third-order valence-electron chi connectivity index (χ3n) is 2.92. The highest BCUT2D eigenvalue weighted by Gasteiger charge is 2.22. The van der Waals surface area contributed by atoms with Gasteiger partial charge in [0.25, 0.3) is 0 Å². The van der Waals surface area contributed by atoms with Crippen LogP contribution in [0.3, 0.4) is 0 Å². The SMILES string of the molecule is Nc1nsc(NCC2CC2)c1-c1cccnc1. The minimum absolute atomic E-state index is 0.585. The van der Waals surface area contributed by atoms with Crippen LogP contribution in [0, 0.1) is 5.92 Å². The van der Waals surface area contributed by atoms with Gasteiger partial charge in [0.15, 0.2) is 0 Å². The van der Waals surface area contributed by atoms with Crippen molar-refractivity contribution in [3.8, 4) is 11.1 Å². The van der Waals surface area contributed by atoms with Crippen LogP contribution < -0.4 is 11.1 Å². The molecule has 88 valence electrons. The van der Waals surface area contributed by atoms with E-state index in [1.54, 1.807) is 6.20 Å². The minimum atomic E-state index is 0.585. The monoisotopic (exact) mass is 246 g/mol. The molecular formula is C12H14N4S. The van der Waals surface area contributed by atoms with E-state index >= 15 is 0 Å². The van der Waals surface area contributed by atoms with Gasteiger partial charge in [-0.05, 0) is 36.4 Å². The van der Waals surface area contributed by atoms with Crippen molar-refractivity contribution in [3.05, 3.63) is 24.5 Å². The maximum Gasteiger partial charge on any atom is 0.147 e. The molecule has 3 N–H and O–H groups in total. The summed E-state index contributed by atoms with van der Waals surface area (Å²) in [4.78, 5) is 4.12. The molecule has 0 amide bonds. The number of rotatable bonds is 4. The highest BCUT2D eigenvalue weighted by atomic mass is 32.1. The zero-order valence-electron chi connectivity index (χ0n) is 9.39. The molecule has 3 rings (SSSR count). The standard InChI is InChI=1S/C12H14N4S/c13-11-10(9-2-1-5-14-7-9)12(17-16-11)15-6-8-3-4-8/h1-2,5,7-8,15H,3-4,6H2,(H2,13,16). The van der Waals surface area contributed by atoms with Crippen molar-refractivity contribution >= 4 is 22.4 Å². The lowest BCUT2D eigenvalue weighted by atomic mass is 10.1. The van der Waals surface area contributed by atoms with Crippen molar-refractivity contribution in [2.45, 2.75) is 12.8 Å². The molecule has 2 heterocycles. The molecule has 5 heteroatoms. The Morgan fingerprint density at radius 3 is 3.06 bits per heavy atom. The first-order valence-electron chi connectivity index (χ1n) is 5.74. The maximum absolute atomic E-state index is 5.93. The largest absolute Gasteiger partial charge is 0.382 e. The van der Waals surface area contributed by atoms with E-state index in [0.29, 0.717) is 5.82 Å². The van der Waals surface area contributed by atoms with Gasteiger partial charge in [-0.2, -0.15) is 4.37 Å². The van der Waals surface area contributed by atoms with Crippen molar-refractivity contribution in [1.29, 1.82) is 0 Å². The van der Waals surface area contributed by atoms with Gasteiger partial charge < -0.3 is 11.1 Å². The number of aromatic nitrogens is 2. The van der Waals surface area contributed by atoms with Gasteiger partial charge in [-0.3, -0.25) is 4.98 Å². The summed E-state index contributed by atoms with van der Waals surface area (Å²) in [5, 5.41) is 4.50. The van der Waals surface area contributed by atoms with Crippen LogP contribution in [0.2, 0.25) is 0 Å². The lowest BCUT2D eigenvalue weighted by Gasteiger charge is -2.06. The third kappa shape index (κ3) is 2.24. The Morgan fingerprint density at radius 1 is 1.47 bits per heavy atom. The zero-order chi connectivity index (χ0) is 11.7. The number of hydrogen-bond donors (Lipinski definition) is 2. The Morgan fingerprint density at radius 2 is 2.35 bits per heavy atom. The van der Waals surface area contributed by atoms with Gasteiger partial charge in [0.2, 0.25) is 0 Å². The molecule has 0 spiro atoms. The number of nitrogens with zero attached hydrogens (tertiary/aromatic N) is 2. The molecule has 0 unspecified atom stereocenters. The number of hydrogen-bond acceptors (Lipinski definition) is 5. The molecule has 17 heavy (non-hydrogen) atoms. The summed E-state index contributed by atoms with van der Waals surface area (Å²) in [5.41, 5.74) is 7.94. The molecule has 1 aliphatic carbocycles. The van der Waals surface area contributed by atoms with Gasteiger partial charge in [-0.25, -0.2) is 0 Å². The fourth-order valence-corrected chi connectivity index (χ4v) is 2.51. The molecular weight excluding hydrogens is 232 g/mol. The van der Waals surface area contributed by atoms with E-state index in [-0.39, 0.29) is 0 Å². The summed E-state index contributed by atoms with van der Waals surface area (Å²) in [6.07, 6.45) is 6.26. The van der Waals surface area contributed by atoms with Crippen molar-refractivity contribution in [2.24, 2.45) is 5.92 Å². The molecule has 0 atom stereocenters. The lowest BCUT2D eigenvalue weighted by Crippen LogP contribution is -2.02. The molecule has 4 nitrogen and oxygen atoms in total. The van der Waals surface area contributed by atoms with Crippen molar-refractivity contribution in [1.82, 2.24) is 9.36 Å². The van der Waals surface area contributed by atoms with Crippen LogP contribution in [0.15, 0.2) is 24.5 Å². The molecule has 2 aromatic heterocycles. The van der Waals surface area contributed by atoms with E-state index in [0.717, 1.165) is 28.6 Å². The molecule has 0 aliphatic heterocycles. The van der Waals surface area contributed by atoms with Crippen molar-refractivity contribution in [2.75, 3.05) is 17.6 Å². The number of nitrogen functional groups attached to an aromatic ring is 1. The summed E-state index contributed by atoms with van der Waals surface area (Å²) in [6.45, 7) is 1.02. The van der Waals surface area contributed by atoms with E-state index in [4.69, 9.17) is 5.73 Å². The van der Waals surface area contributed by atoms with Gasteiger partial charge in [0.05, 0.1) is 5.56 Å². The highest BCUT2D eigenvalue weighted by molar-refractivity contribution is 7.11. The summed E-state index contributed by atoms with van der Waals surface area (Å²) >= 11 is 1.43. The lowest BCUT2D eigenvalue weighted by molar-refractivity contribution is 0.892. The fourth-order valence-electron chi connectivity index (χ4n) is 1.77. The second-order valence-electron chi connectivity index (χ2n) is 4.34. The Hall–Kier alpha value is -1.62. The predicted octanol–water partition coefficient (Wildman–Crippen LogP) is 2.61. The van der Waals surface area contributed by atoms with E-state index in [2.05, 4.69) is 14.7 Å². The Labute approximate surface area is 104 Å². The van der Waals surface area contributed by atoms with Crippen LogP contribution >= 0.6 is 11.5 Å². The first kappa shape index (κ1) is 10.5. The first-order valence-corrected chi connectivity index (χ1v) is 6.51. The molecule has 1 saturated carbocycles. The molecule has 0 bridgehead atoms.